The first kappa shape index (κ1) is 23.5. The van der Waals surface area contributed by atoms with Gasteiger partial charge in [-0.15, -0.1) is 0 Å². The smallest absolute Gasteiger partial charge is 0.138 e. The summed E-state index contributed by atoms with van der Waals surface area (Å²) in [7, 11) is 0. The summed E-state index contributed by atoms with van der Waals surface area (Å²) in [4.78, 5) is 14.0. The van der Waals surface area contributed by atoms with Gasteiger partial charge in [-0.3, -0.25) is 9.80 Å². The SMILES string of the molecule is CCc1[nH]c(-c2ccccc2C)nc1C(C)N1CCN(C(c2ccccc2)c2ccccc2)CC1. The van der Waals surface area contributed by atoms with Crippen LogP contribution in [-0.4, -0.2) is 45.9 Å². The van der Waals surface area contributed by atoms with E-state index >= 15 is 0 Å². The number of hydrogen-bond acceptors (Lipinski definition) is 3. The Balaban J connectivity index is 1.34. The van der Waals surface area contributed by atoms with E-state index in [4.69, 9.17) is 4.98 Å². The number of nitrogens with zero attached hydrogens (tertiary/aromatic N) is 3. The van der Waals surface area contributed by atoms with E-state index in [2.05, 4.69) is 120 Å². The van der Waals surface area contributed by atoms with Crippen molar-refractivity contribution in [2.24, 2.45) is 0 Å². The maximum atomic E-state index is 5.13. The molecule has 2 heterocycles. The van der Waals surface area contributed by atoms with Crippen LogP contribution in [0.15, 0.2) is 84.9 Å². The Kier molecular flexibility index (Phi) is 7.12. The zero-order valence-electron chi connectivity index (χ0n) is 21.1. The number of imidazole rings is 1. The Hall–Kier alpha value is -3.21. The van der Waals surface area contributed by atoms with Gasteiger partial charge in [0.15, 0.2) is 0 Å². The predicted octanol–water partition coefficient (Wildman–Crippen LogP) is 6.42. The van der Waals surface area contributed by atoms with Gasteiger partial charge in [0.05, 0.1) is 17.8 Å². The molecule has 0 radical (unpaired) electrons. The molecule has 0 aliphatic carbocycles. The van der Waals surface area contributed by atoms with Gasteiger partial charge in [-0.05, 0) is 37.0 Å². The summed E-state index contributed by atoms with van der Waals surface area (Å²) in [5, 5.41) is 0. The molecule has 1 aliphatic heterocycles. The largest absolute Gasteiger partial charge is 0.342 e. The van der Waals surface area contributed by atoms with Crippen LogP contribution in [0, 0.1) is 6.92 Å². The molecule has 1 fully saturated rings. The third-order valence-electron chi connectivity index (χ3n) is 7.45. The van der Waals surface area contributed by atoms with Crippen molar-refractivity contribution >= 4 is 0 Å². The molecule has 4 aromatic rings. The summed E-state index contributed by atoms with van der Waals surface area (Å²) >= 11 is 0. The fourth-order valence-corrected chi connectivity index (χ4v) is 5.44. The summed E-state index contributed by atoms with van der Waals surface area (Å²) < 4.78 is 0. The lowest BCUT2D eigenvalue weighted by atomic mass is 9.96. The number of nitrogens with one attached hydrogen (secondary N) is 1. The number of hydrogen-bond donors (Lipinski definition) is 1. The molecule has 1 atom stereocenters. The van der Waals surface area contributed by atoms with E-state index in [0.717, 1.165) is 38.4 Å². The van der Waals surface area contributed by atoms with Crippen molar-refractivity contribution in [1.29, 1.82) is 0 Å². The molecule has 0 spiro atoms. The van der Waals surface area contributed by atoms with Crippen molar-refractivity contribution in [2.45, 2.75) is 39.3 Å². The van der Waals surface area contributed by atoms with Gasteiger partial charge in [0.2, 0.25) is 0 Å². The van der Waals surface area contributed by atoms with Gasteiger partial charge >= 0.3 is 0 Å². The summed E-state index contributed by atoms with van der Waals surface area (Å²) in [6, 6.07) is 30.9. The van der Waals surface area contributed by atoms with E-state index < -0.39 is 0 Å². The van der Waals surface area contributed by atoms with E-state index in [9.17, 15) is 0 Å². The Bertz CT molecular complexity index is 1180. The first-order valence-electron chi connectivity index (χ1n) is 12.9. The number of aromatic nitrogens is 2. The molecule has 1 aromatic heterocycles. The lowest BCUT2D eigenvalue weighted by molar-refractivity contribution is 0.0825. The highest BCUT2D eigenvalue weighted by molar-refractivity contribution is 5.60. The van der Waals surface area contributed by atoms with Crippen LogP contribution in [0.5, 0.6) is 0 Å². The van der Waals surface area contributed by atoms with Gasteiger partial charge in [-0.25, -0.2) is 4.98 Å². The molecule has 4 heteroatoms. The van der Waals surface area contributed by atoms with Crippen LogP contribution in [0.1, 0.15) is 54.0 Å². The van der Waals surface area contributed by atoms with E-state index in [1.165, 1.54) is 33.6 Å². The number of benzene rings is 3. The highest BCUT2D eigenvalue weighted by atomic mass is 15.3. The second-order valence-electron chi connectivity index (χ2n) is 9.59. The Morgan fingerprint density at radius 2 is 1.31 bits per heavy atom. The molecule has 5 rings (SSSR count). The van der Waals surface area contributed by atoms with Crippen LogP contribution in [-0.2, 0) is 6.42 Å². The summed E-state index contributed by atoms with van der Waals surface area (Å²) in [6.45, 7) is 10.8. The summed E-state index contributed by atoms with van der Waals surface area (Å²) in [6.07, 6.45) is 0.961. The molecule has 180 valence electrons. The van der Waals surface area contributed by atoms with Gasteiger partial charge in [-0.1, -0.05) is 91.9 Å². The predicted molar refractivity (Wildman–Crippen MR) is 144 cm³/mol. The molecule has 1 N–H and O–H groups in total. The Morgan fingerprint density at radius 1 is 0.771 bits per heavy atom. The average Bonchev–Trinajstić information content (AvgIpc) is 3.35. The highest BCUT2D eigenvalue weighted by Gasteiger charge is 2.30. The van der Waals surface area contributed by atoms with E-state index in [1.807, 2.05) is 0 Å². The molecular formula is C31H36N4. The highest BCUT2D eigenvalue weighted by Crippen LogP contribution is 2.32. The van der Waals surface area contributed by atoms with E-state index in [1.54, 1.807) is 0 Å². The number of rotatable bonds is 7. The van der Waals surface area contributed by atoms with Gasteiger partial charge in [-0.2, -0.15) is 0 Å². The summed E-state index contributed by atoms with van der Waals surface area (Å²) in [5.74, 6) is 0.994. The molecule has 0 amide bonds. The van der Waals surface area contributed by atoms with Crippen LogP contribution in [0.2, 0.25) is 0 Å². The van der Waals surface area contributed by atoms with Crippen LogP contribution < -0.4 is 0 Å². The maximum absolute atomic E-state index is 5.13. The maximum Gasteiger partial charge on any atom is 0.138 e. The number of aryl methyl sites for hydroxylation is 2. The van der Waals surface area contributed by atoms with Gasteiger partial charge in [0.1, 0.15) is 5.82 Å². The van der Waals surface area contributed by atoms with Crippen molar-refractivity contribution in [3.63, 3.8) is 0 Å². The fraction of sp³-hybridized carbons (Fsp3) is 0.323. The lowest BCUT2D eigenvalue weighted by Crippen LogP contribution is -2.48. The standard InChI is InChI=1S/C31H36N4/c1-4-28-29(33-31(32-28)27-18-12-11-13-23(27)2)24(3)34-19-21-35(22-20-34)30(25-14-7-5-8-15-25)26-16-9-6-10-17-26/h5-18,24,30H,4,19-22H2,1-3H3,(H,32,33). The van der Waals surface area contributed by atoms with Gasteiger partial charge in [0.25, 0.3) is 0 Å². The minimum Gasteiger partial charge on any atom is -0.342 e. The second kappa shape index (κ2) is 10.6. The van der Waals surface area contributed by atoms with Crippen LogP contribution in [0.25, 0.3) is 11.4 Å². The van der Waals surface area contributed by atoms with Gasteiger partial charge in [0, 0.05) is 37.4 Å². The van der Waals surface area contributed by atoms with Crippen molar-refractivity contribution in [3.8, 4) is 11.4 Å². The second-order valence-corrected chi connectivity index (χ2v) is 9.59. The fourth-order valence-electron chi connectivity index (χ4n) is 5.44. The zero-order chi connectivity index (χ0) is 24.2. The number of aromatic amines is 1. The first-order valence-corrected chi connectivity index (χ1v) is 12.9. The summed E-state index contributed by atoms with van der Waals surface area (Å²) in [5.41, 5.74) is 7.63. The number of H-pyrrole nitrogens is 1. The lowest BCUT2D eigenvalue weighted by Gasteiger charge is -2.41. The van der Waals surface area contributed by atoms with Crippen LogP contribution >= 0.6 is 0 Å². The molecule has 1 saturated heterocycles. The molecule has 4 nitrogen and oxygen atoms in total. The first-order chi connectivity index (χ1) is 17.2. The minimum atomic E-state index is 0.285. The Labute approximate surface area is 209 Å². The van der Waals surface area contributed by atoms with Crippen molar-refractivity contribution < 1.29 is 0 Å². The van der Waals surface area contributed by atoms with Crippen LogP contribution in [0.4, 0.5) is 0 Å². The molecule has 35 heavy (non-hydrogen) atoms. The third-order valence-corrected chi connectivity index (χ3v) is 7.45. The van der Waals surface area contributed by atoms with Crippen LogP contribution in [0.3, 0.4) is 0 Å². The van der Waals surface area contributed by atoms with Crippen molar-refractivity contribution in [1.82, 2.24) is 19.8 Å². The molecular weight excluding hydrogens is 428 g/mol. The minimum absolute atomic E-state index is 0.285. The Morgan fingerprint density at radius 3 is 1.89 bits per heavy atom. The molecule has 0 bridgehead atoms. The average molecular weight is 465 g/mol. The van der Waals surface area contributed by atoms with E-state index in [-0.39, 0.29) is 6.04 Å². The molecule has 0 saturated carbocycles. The molecule has 1 aliphatic rings. The van der Waals surface area contributed by atoms with Crippen molar-refractivity contribution in [3.05, 3.63) is 113 Å². The monoisotopic (exact) mass is 464 g/mol. The van der Waals surface area contributed by atoms with Gasteiger partial charge < -0.3 is 4.98 Å². The van der Waals surface area contributed by atoms with Crippen molar-refractivity contribution in [2.75, 3.05) is 26.2 Å². The normalized spacial score (nSPS) is 16.0. The number of piperazine rings is 1. The quantitative estimate of drug-likeness (QED) is 0.343. The van der Waals surface area contributed by atoms with E-state index in [0.29, 0.717) is 6.04 Å². The third kappa shape index (κ3) is 4.95. The zero-order valence-corrected chi connectivity index (χ0v) is 21.1. The molecule has 1 unspecified atom stereocenters. The molecule has 3 aromatic carbocycles. The topological polar surface area (TPSA) is 35.2 Å².